The van der Waals surface area contributed by atoms with Gasteiger partial charge in [-0.25, -0.2) is 13.1 Å². The summed E-state index contributed by atoms with van der Waals surface area (Å²) < 4.78 is 64.7. The molecule has 2 aromatic carbocycles. The summed E-state index contributed by atoms with van der Waals surface area (Å²) >= 11 is 0. The molecule has 0 saturated carbocycles. The molecular weight excluding hydrogens is 327 g/mol. The Balaban J connectivity index is 2.13. The van der Waals surface area contributed by atoms with Gasteiger partial charge in [-0.1, -0.05) is 43.3 Å². The minimum absolute atomic E-state index is 0.0998. The Hall–Kier alpha value is -1.86. The second-order valence-electron chi connectivity index (χ2n) is 5.19. The molecule has 0 radical (unpaired) electrons. The van der Waals surface area contributed by atoms with Gasteiger partial charge in [0.15, 0.2) is 0 Å². The van der Waals surface area contributed by atoms with Crippen LogP contribution in [0.5, 0.6) is 0 Å². The second kappa shape index (κ2) is 6.72. The van der Waals surface area contributed by atoms with E-state index in [0.29, 0.717) is 6.07 Å². The SMILES string of the molecule is CC(CNS(=O)(=O)c1cccc(C(F)(F)F)c1)c1ccccc1. The average molecular weight is 343 g/mol. The van der Waals surface area contributed by atoms with Crippen LogP contribution in [0.4, 0.5) is 13.2 Å². The molecule has 23 heavy (non-hydrogen) atoms. The van der Waals surface area contributed by atoms with Crippen LogP contribution in [0.1, 0.15) is 24.0 Å². The van der Waals surface area contributed by atoms with E-state index in [2.05, 4.69) is 4.72 Å². The minimum Gasteiger partial charge on any atom is -0.211 e. The van der Waals surface area contributed by atoms with Crippen LogP contribution >= 0.6 is 0 Å². The topological polar surface area (TPSA) is 46.2 Å². The number of hydrogen-bond acceptors (Lipinski definition) is 2. The van der Waals surface area contributed by atoms with Crippen molar-refractivity contribution in [2.45, 2.75) is 23.9 Å². The van der Waals surface area contributed by atoms with Gasteiger partial charge in [0.25, 0.3) is 0 Å². The van der Waals surface area contributed by atoms with Crippen molar-refractivity contribution in [3.05, 3.63) is 65.7 Å². The molecule has 3 nitrogen and oxygen atoms in total. The van der Waals surface area contributed by atoms with Gasteiger partial charge in [-0.2, -0.15) is 13.2 Å². The maximum absolute atomic E-state index is 12.7. The van der Waals surface area contributed by atoms with E-state index in [4.69, 9.17) is 0 Å². The zero-order valence-electron chi connectivity index (χ0n) is 12.3. The maximum Gasteiger partial charge on any atom is 0.416 e. The third-order valence-electron chi connectivity index (χ3n) is 3.42. The summed E-state index contributed by atoms with van der Waals surface area (Å²) in [6.45, 7) is 1.94. The lowest BCUT2D eigenvalue weighted by Gasteiger charge is -2.14. The molecule has 1 atom stereocenters. The Morgan fingerprint density at radius 3 is 2.30 bits per heavy atom. The molecule has 1 unspecified atom stereocenters. The number of sulfonamides is 1. The highest BCUT2D eigenvalue weighted by Crippen LogP contribution is 2.30. The molecular formula is C16H16F3NO2S. The van der Waals surface area contributed by atoms with E-state index in [9.17, 15) is 21.6 Å². The molecule has 0 saturated heterocycles. The maximum atomic E-state index is 12.7. The number of hydrogen-bond donors (Lipinski definition) is 1. The van der Waals surface area contributed by atoms with E-state index in [-0.39, 0.29) is 12.5 Å². The zero-order valence-corrected chi connectivity index (χ0v) is 13.2. The molecule has 0 aliphatic heterocycles. The molecule has 0 spiro atoms. The van der Waals surface area contributed by atoms with Crippen molar-refractivity contribution in [3.63, 3.8) is 0 Å². The first kappa shape index (κ1) is 17.5. The molecule has 0 fully saturated rings. The molecule has 0 bridgehead atoms. The van der Waals surface area contributed by atoms with Crippen molar-refractivity contribution in [3.8, 4) is 0 Å². The van der Waals surface area contributed by atoms with Gasteiger partial charge >= 0.3 is 6.18 Å². The summed E-state index contributed by atoms with van der Waals surface area (Å²) in [5.41, 5.74) is -0.0456. The number of nitrogens with one attached hydrogen (secondary N) is 1. The fourth-order valence-corrected chi connectivity index (χ4v) is 3.23. The molecule has 0 amide bonds. The molecule has 2 rings (SSSR count). The van der Waals surface area contributed by atoms with E-state index >= 15 is 0 Å². The van der Waals surface area contributed by atoms with Gasteiger partial charge in [-0.3, -0.25) is 0 Å². The lowest BCUT2D eigenvalue weighted by Crippen LogP contribution is -2.28. The summed E-state index contributed by atoms with van der Waals surface area (Å²) in [4.78, 5) is -0.396. The second-order valence-corrected chi connectivity index (χ2v) is 6.96. The highest BCUT2D eigenvalue weighted by molar-refractivity contribution is 7.89. The highest BCUT2D eigenvalue weighted by atomic mass is 32.2. The smallest absolute Gasteiger partial charge is 0.211 e. The number of halogens is 3. The standard InChI is InChI=1S/C16H16F3NO2S/c1-12(13-6-3-2-4-7-13)11-20-23(21,22)15-9-5-8-14(10-15)16(17,18)19/h2-10,12,20H,11H2,1H3. The summed E-state index contributed by atoms with van der Waals surface area (Å²) in [5, 5.41) is 0. The van der Waals surface area contributed by atoms with Crippen LogP contribution in [0.25, 0.3) is 0 Å². The molecule has 2 aromatic rings. The molecule has 0 aliphatic rings. The van der Waals surface area contributed by atoms with Gasteiger partial charge in [-0.15, -0.1) is 0 Å². The third-order valence-corrected chi connectivity index (χ3v) is 4.84. The molecule has 7 heteroatoms. The van der Waals surface area contributed by atoms with E-state index < -0.39 is 26.7 Å². The van der Waals surface area contributed by atoms with Crippen LogP contribution in [0.2, 0.25) is 0 Å². The Labute approximate surface area is 133 Å². The van der Waals surface area contributed by atoms with Crippen molar-refractivity contribution in [1.29, 1.82) is 0 Å². The lowest BCUT2D eigenvalue weighted by atomic mass is 10.0. The van der Waals surface area contributed by atoms with Crippen molar-refractivity contribution in [2.24, 2.45) is 0 Å². The van der Waals surface area contributed by atoms with Crippen LogP contribution in [-0.4, -0.2) is 15.0 Å². The Kier molecular flexibility index (Phi) is 5.11. The van der Waals surface area contributed by atoms with Crippen LogP contribution in [-0.2, 0) is 16.2 Å². The Morgan fingerprint density at radius 2 is 1.70 bits per heavy atom. The molecule has 1 N–H and O–H groups in total. The van der Waals surface area contributed by atoms with E-state index in [0.717, 1.165) is 23.8 Å². The lowest BCUT2D eigenvalue weighted by molar-refractivity contribution is -0.137. The summed E-state index contributed by atoms with van der Waals surface area (Å²) in [5.74, 6) is -0.100. The summed E-state index contributed by atoms with van der Waals surface area (Å²) in [6, 6.07) is 13.0. The quantitative estimate of drug-likeness (QED) is 0.898. The van der Waals surface area contributed by atoms with Crippen molar-refractivity contribution in [2.75, 3.05) is 6.54 Å². The van der Waals surface area contributed by atoms with Gasteiger partial charge in [0.1, 0.15) is 0 Å². The zero-order chi connectivity index (χ0) is 17.1. The van der Waals surface area contributed by atoms with Crippen LogP contribution < -0.4 is 4.72 Å². The molecule has 124 valence electrons. The Bertz CT molecular complexity index is 758. The fourth-order valence-electron chi connectivity index (χ4n) is 2.06. The van der Waals surface area contributed by atoms with Crippen molar-refractivity contribution < 1.29 is 21.6 Å². The van der Waals surface area contributed by atoms with E-state index in [1.54, 1.807) is 0 Å². The van der Waals surface area contributed by atoms with Crippen LogP contribution in [0, 0.1) is 0 Å². The summed E-state index contributed by atoms with van der Waals surface area (Å²) in [6.07, 6.45) is -4.58. The van der Waals surface area contributed by atoms with Crippen LogP contribution in [0.15, 0.2) is 59.5 Å². The highest BCUT2D eigenvalue weighted by Gasteiger charge is 2.31. The van der Waals surface area contributed by atoms with Gasteiger partial charge < -0.3 is 0 Å². The average Bonchev–Trinajstić information content (AvgIpc) is 2.53. The first-order chi connectivity index (χ1) is 10.7. The number of rotatable bonds is 5. The van der Waals surface area contributed by atoms with E-state index in [1.165, 1.54) is 0 Å². The Morgan fingerprint density at radius 1 is 1.04 bits per heavy atom. The van der Waals surface area contributed by atoms with Crippen molar-refractivity contribution in [1.82, 2.24) is 4.72 Å². The number of benzene rings is 2. The number of alkyl halides is 3. The predicted molar refractivity (Wildman–Crippen MR) is 81.5 cm³/mol. The van der Waals surface area contributed by atoms with Gasteiger partial charge in [0.05, 0.1) is 10.5 Å². The monoisotopic (exact) mass is 343 g/mol. The van der Waals surface area contributed by atoms with Gasteiger partial charge in [0, 0.05) is 6.54 Å². The largest absolute Gasteiger partial charge is 0.416 e. The molecule has 0 heterocycles. The normalized spacial score (nSPS) is 13.7. The first-order valence-corrected chi connectivity index (χ1v) is 8.40. The third kappa shape index (κ3) is 4.56. The van der Waals surface area contributed by atoms with Gasteiger partial charge in [0.2, 0.25) is 10.0 Å². The fraction of sp³-hybridized carbons (Fsp3) is 0.250. The van der Waals surface area contributed by atoms with Gasteiger partial charge in [-0.05, 0) is 29.7 Å². The molecule has 0 aromatic heterocycles. The van der Waals surface area contributed by atoms with Crippen LogP contribution in [0.3, 0.4) is 0 Å². The predicted octanol–water partition coefficient (Wildman–Crippen LogP) is 3.79. The summed E-state index contributed by atoms with van der Waals surface area (Å²) in [7, 11) is -4.00. The first-order valence-electron chi connectivity index (χ1n) is 6.92. The molecule has 0 aliphatic carbocycles. The minimum atomic E-state index is -4.58. The van der Waals surface area contributed by atoms with E-state index in [1.807, 2.05) is 37.3 Å². The van der Waals surface area contributed by atoms with Crippen molar-refractivity contribution >= 4 is 10.0 Å².